The first-order chi connectivity index (χ1) is 12.5. The molecule has 6 heteroatoms. The van der Waals surface area contributed by atoms with Crippen LogP contribution in [0.25, 0.3) is 0 Å². The minimum atomic E-state index is -0.641. The summed E-state index contributed by atoms with van der Waals surface area (Å²) in [6, 6.07) is 16.1. The fourth-order valence-electron chi connectivity index (χ4n) is 3.15. The first-order valence-electron chi connectivity index (χ1n) is 8.72. The van der Waals surface area contributed by atoms with E-state index in [-0.39, 0.29) is 11.9 Å². The predicted octanol–water partition coefficient (Wildman–Crippen LogP) is 2.50. The summed E-state index contributed by atoms with van der Waals surface area (Å²) < 4.78 is 0. The van der Waals surface area contributed by atoms with Crippen LogP contribution in [0.2, 0.25) is 0 Å². The van der Waals surface area contributed by atoms with Crippen molar-refractivity contribution in [2.45, 2.75) is 25.6 Å². The Morgan fingerprint density at radius 1 is 1.08 bits per heavy atom. The van der Waals surface area contributed by atoms with Crippen LogP contribution in [0.3, 0.4) is 0 Å². The molecule has 136 valence electrons. The van der Waals surface area contributed by atoms with Gasteiger partial charge in [-0.15, -0.1) is 0 Å². The number of likely N-dealkylation sites (N-methyl/N-ethyl adjacent to an activating group) is 1. The van der Waals surface area contributed by atoms with Gasteiger partial charge < -0.3 is 16.0 Å². The Labute approximate surface area is 153 Å². The first kappa shape index (κ1) is 17.9. The zero-order valence-electron chi connectivity index (χ0n) is 15.0. The van der Waals surface area contributed by atoms with Gasteiger partial charge in [0, 0.05) is 18.8 Å². The van der Waals surface area contributed by atoms with Crippen LogP contribution in [-0.4, -0.2) is 36.5 Å². The van der Waals surface area contributed by atoms with E-state index < -0.39 is 12.1 Å². The zero-order valence-corrected chi connectivity index (χ0v) is 15.0. The zero-order chi connectivity index (χ0) is 18.5. The van der Waals surface area contributed by atoms with Gasteiger partial charge in [0.15, 0.2) is 0 Å². The number of carbonyl (C=O) groups is 2. The second kappa shape index (κ2) is 8.01. The van der Waals surface area contributed by atoms with E-state index in [1.165, 1.54) is 5.56 Å². The van der Waals surface area contributed by atoms with Gasteiger partial charge >= 0.3 is 6.03 Å². The van der Waals surface area contributed by atoms with Crippen molar-refractivity contribution in [3.8, 4) is 0 Å². The molecule has 0 aliphatic carbocycles. The van der Waals surface area contributed by atoms with Crippen molar-refractivity contribution in [2.24, 2.45) is 0 Å². The molecule has 3 rings (SSSR count). The molecular formula is C20H24N4O2. The van der Waals surface area contributed by atoms with Crippen molar-refractivity contribution in [3.63, 3.8) is 0 Å². The maximum Gasteiger partial charge on any atom is 0.319 e. The molecule has 0 spiro atoms. The fraction of sp³-hybridized carbons (Fsp3) is 0.300. The summed E-state index contributed by atoms with van der Waals surface area (Å²) in [6.45, 7) is 3.29. The van der Waals surface area contributed by atoms with E-state index in [0.29, 0.717) is 5.69 Å². The highest BCUT2D eigenvalue weighted by atomic mass is 16.2. The molecule has 0 bridgehead atoms. The van der Waals surface area contributed by atoms with E-state index in [4.69, 9.17) is 0 Å². The summed E-state index contributed by atoms with van der Waals surface area (Å²) >= 11 is 0. The quantitative estimate of drug-likeness (QED) is 0.792. The Bertz CT molecular complexity index is 778. The summed E-state index contributed by atoms with van der Waals surface area (Å²) in [7, 11) is 2.03. The third-order valence-corrected chi connectivity index (χ3v) is 4.45. The van der Waals surface area contributed by atoms with Gasteiger partial charge in [0.05, 0.1) is 6.04 Å². The highest BCUT2D eigenvalue weighted by Crippen LogP contribution is 2.25. The lowest BCUT2D eigenvalue weighted by atomic mass is 9.95. The predicted molar refractivity (Wildman–Crippen MR) is 102 cm³/mol. The van der Waals surface area contributed by atoms with Crippen LogP contribution in [0, 0.1) is 0 Å². The molecule has 0 aromatic heterocycles. The van der Waals surface area contributed by atoms with Crippen LogP contribution in [0.5, 0.6) is 0 Å². The van der Waals surface area contributed by atoms with Crippen LogP contribution in [0.1, 0.15) is 24.1 Å². The van der Waals surface area contributed by atoms with E-state index in [0.717, 1.165) is 18.7 Å². The smallest absolute Gasteiger partial charge is 0.319 e. The van der Waals surface area contributed by atoms with E-state index in [1.54, 1.807) is 19.1 Å². The fourth-order valence-corrected chi connectivity index (χ4v) is 3.15. The number of hydrogen-bond acceptors (Lipinski definition) is 3. The Balaban J connectivity index is 1.58. The van der Waals surface area contributed by atoms with Crippen LogP contribution in [-0.2, 0) is 11.3 Å². The number of anilines is 1. The van der Waals surface area contributed by atoms with Crippen molar-refractivity contribution in [3.05, 3.63) is 65.7 Å². The number of rotatable bonds is 4. The highest BCUT2D eigenvalue weighted by molar-refractivity contribution is 5.93. The van der Waals surface area contributed by atoms with Gasteiger partial charge in [0.2, 0.25) is 5.91 Å². The number of fused-ring (bicyclic) bond motifs is 1. The molecule has 0 fully saturated rings. The molecule has 2 aromatic rings. The van der Waals surface area contributed by atoms with E-state index >= 15 is 0 Å². The van der Waals surface area contributed by atoms with Crippen LogP contribution in [0.4, 0.5) is 10.5 Å². The van der Waals surface area contributed by atoms with Gasteiger partial charge in [-0.05, 0) is 37.2 Å². The van der Waals surface area contributed by atoms with E-state index in [2.05, 4.69) is 26.9 Å². The van der Waals surface area contributed by atoms with E-state index in [1.807, 2.05) is 43.4 Å². The largest absolute Gasteiger partial charge is 0.346 e. The summed E-state index contributed by atoms with van der Waals surface area (Å²) in [6.07, 6.45) is 0. The molecule has 2 aromatic carbocycles. The van der Waals surface area contributed by atoms with E-state index in [9.17, 15) is 9.59 Å². The second-order valence-corrected chi connectivity index (χ2v) is 6.64. The summed E-state index contributed by atoms with van der Waals surface area (Å²) in [4.78, 5) is 26.8. The summed E-state index contributed by atoms with van der Waals surface area (Å²) in [5.41, 5.74) is 3.04. The lowest BCUT2D eigenvalue weighted by Crippen LogP contribution is -2.49. The van der Waals surface area contributed by atoms with Gasteiger partial charge in [0.1, 0.15) is 6.04 Å². The number of amides is 3. The monoisotopic (exact) mass is 352 g/mol. The molecule has 3 N–H and O–H groups in total. The maximum atomic E-state index is 12.5. The van der Waals surface area contributed by atoms with Gasteiger partial charge in [0.25, 0.3) is 0 Å². The molecule has 2 unspecified atom stereocenters. The minimum Gasteiger partial charge on any atom is -0.346 e. The van der Waals surface area contributed by atoms with Crippen molar-refractivity contribution in [1.82, 2.24) is 15.5 Å². The molecule has 1 aliphatic rings. The van der Waals surface area contributed by atoms with Crippen LogP contribution >= 0.6 is 0 Å². The average molecular weight is 352 g/mol. The normalized spacial score (nSPS) is 17.7. The number of urea groups is 1. The number of carbonyl (C=O) groups excluding carboxylic acids is 2. The number of benzene rings is 2. The summed E-state index contributed by atoms with van der Waals surface area (Å²) in [5.74, 6) is -0.205. The van der Waals surface area contributed by atoms with Gasteiger partial charge in [-0.2, -0.15) is 0 Å². The van der Waals surface area contributed by atoms with Crippen molar-refractivity contribution in [1.29, 1.82) is 0 Å². The second-order valence-electron chi connectivity index (χ2n) is 6.64. The molecule has 3 amide bonds. The highest BCUT2D eigenvalue weighted by Gasteiger charge is 2.26. The maximum absolute atomic E-state index is 12.5. The van der Waals surface area contributed by atoms with Gasteiger partial charge in [-0.25, -0.2) is 4.79 Å². The molecule has 0 saturated heterocycles. The van der Waals surface area contributed by atoms with Crippen LogP contribution in [0.15, 0.2) is 54.6 Å². The Morgan fingerprint density at radius 3 is 2.54 bits per heavy atom. The third kappa shape index (κ3) is 4.40. The van der Waals surface area contributed by atoms with Crippen LogP contribution < -0.4 is 16.0 Å². The average Bonchev–Trinajstić information content (AvgIpc) is 2.62. The molecule has 0 radical (unpaired) electrons. The number of nitrogens with one attached hydrogen (secondary N) is 3. The number of nitrogens with zero attached hydrogens (tertiary/aromatic N) is 1. The van der Waals surface area contributed by atoms with Gasteiger partial charge in [-0.3, -0.25) is 9.69 Å². The van der Waals surface area contributed by atoms with Crippen molar-refractivity contribution >= 4 is 17.6 Å². The molecule has 26 heavy (non-hydrogen) atoms. The first-order valence-corrected chi connectivity index (χ1v) is 8.72. The Morgan fingerprint density at radius 2 is 1.77 bits per heavy atom. The number of para-hydroxylation sites is 1. The third-order valence-electron chi connectivity index (χ3n) is 4.45. The molecule has 1 aliphatic heterocycles. The molecular weight excluding hydrogens is 328 g/mol. The standard InChI is InChI=1S/C20H24N4O2/c1-14(21-20(26)22-16-9-4-3-5-10-16)19(25)23-18-13-24(2)12-15-8-6-7-11-17(15)18/h3-11,14,18H,12-13H2,1-2H3,(H,23,25)(H2,21,22,26). The van der Waals surface area contributed by atoms with Crippen molar-refractivity contribution < 1.29 is 9.59 Å². The Kier molecular flexibility index (Phi) is 5.53. The Hall–Kier alpha value is -2.86. The SMILES string of the molecule is CC(NC(=O)Nc1ccccc1)C(=O)NC1CN(C)Cc2ccccc21. The minimum absolute atomic E-state index is 0.0844. The molecule has 0 saturated carbocycles. The molecule has 2 atom stereocenters. The van der Waals surface area contributed by atoms with Crippen molar-refractivity contribution in [2.75, 3.05) is 18.9 Å². The lowest BCUT2D eigenvalue weighted by molar-refractivity contribution is -0.123. The lowest BCUT2D eigenvalue weighted by Gasteiger charge is -2.33. The van der Waals surface area contributed by atoms with Gasteiger partial charge in [-0.1, -0.05) is 42.5 Å². The topological polar surface area (TPSA) is 73.5 Å². The molecule has 1 heterocycles. The number of hydrogen-bond donors (Lipinski definition) is 3. The summed E-state index contributed by atoms with van der Waals surface area (Å²) in [5, 5.41) is 8.44. The molecule has 6 nitrogen and oxygen atoms in total.